The fraction of sp³-hybridized carbons (Fsp3) is 0.625. The zero-order chi connectivity index (χ0) is 13.1. The Morgan fingerprint density at radius 2 is 2.06 bits per heavy atom. The molecule has 1 saturated heterocycles. The van der Waals surface area contributed by atoms with Crippen LogP contribution in [0.25, 0.3) is 0 Å². The Kier molecular flexibility index (Phi) is 4.41. The molecule has 18 heavy (non-hydrogen) atoms. The van der Waals surface area contributed by atoms with Gasteiger partial charge in [-0.15, -0.1) is 0 Å². The molecule has 1 atom stereocenters. The fourth-order valence-corrected chi connectivity index (χ4v) is 2.76. The van der Waals surface area contributed by atoms with Gasteiger partial charge < -0.3 is 5.32 Å². The largest absolute Gasteiger partial charge is 0.314 e. The van der Waals surface area contributed by atoms with Crippen LogP contribution in [0, 0.1) is 19.8 Å². The molecule has 1 fully saturated rings. The maximum absolute atomic E-state index is 3.51. The van der Waals surface area contributed by atoms with E-state index in [0.29, 0.717) is 12.0 Å². The van der Waals surface area contributed by atoms with Gasteiger partial charge in [0.15, 0.2) is 0 Å². The van der Waals surface area contributed by atoms with Gasteiger partial charge in [0.05, 0.1) is 0 Å². The van der Waals surface area contributed by atoms with E-state index in [1.165, 1.54) is 16.7 Å². The number of aryl methyl sites for hydroxylation is 2. The smallest absolute Gasteiger partial charge is 0.0247 e. The standard InChI is InChI=1S/C16H26N2/c1-12(2)16-10-17-7-8-18(16)11-15-6-5-13(3)14(4)9-15/h5-6,9,12,16-17H,7-8,10-11H2,1-4H3. The van der Waals surface area contributed by atoms with Gasteiger partial charge in [0.1, 0.15) is 0 Å². The van der Waals surface area contributed by atoms with Crippen molar-refractivity contribution in [1.82, 2.24) is 10.2 Å². The summed E-state index contributed by atoms with van der Waals surface area (Å²) in [7, 11) is 0. The lowest BCUT2D eigenvalue weighted by molar-refractivity contribution is 0.117. The summed E-state index contributed by atoms with van der Waals surface area (Å²) < 4.78 is 0. The highest BCUT2D eigenvalue weighted by Gasteiger charge is 2.24. The van der Waals surface area contributed by atoms with Crippen molar-refractivity contribution >= 4 is 0 Å². The summed E-state index contributed by atoms with van der Waals surface area (Å²) in [5, 5.41) is 3.51. The van der Waals surface area contributed by atoms with Crippen molar-refractivity contribution in [3.63, 3.8) is 0 Å². The summed E-state index contributed by atoms with van der Waals surface area (Å²) in [5.41, 5.74) is 4.24. The number of piperazine rings is 1. The Bertz CT molecular complexity index is 398. The predicted molar refractivity (Wildman–Crippen MR) is 77.8 cm³/mol. The molecule has 0 radical (unpaired) electrons. The van der Waals surface area contributed by atoms with Gasteiger partial charge in [0.25, 0.3) is 0 Å². The number of nitrogens with one attached hydrogen (secondary N) is 1. The van der Waals surface area contributed by atoms with E-state index in [0.717, 1.165) is 26.2 Å². The summed E-state index contributed by atoms with van der Waals surface area (Å²) in [6.45, 7) is 13.5. The van der Waals surface area contributed by atoms with Crippen molar-refractivity contribution < 1.29 is 0 Å². The molecule has 1 aromatic rings. The molecule has 2 rings (SSSR count). The maximum Gasteiger partial charge on any atom is 0.0247 e. The van der Waals surface area contributed by atoms with Crippen molar-refractivity contribution in [1.29, 1.82) is 0 Å². The Morgan fingerprint density at radius 3 is 2.72 bits per heavy atom. The molecule has 1 N–H and O–H groups in total. The zero-order valence-corrected chi connectivity index (χ0v) is 12.2. The van der Waals surface area contributed by atoms with Crippen molar-refractivity contribution in [3.8, 4) is 0 Å². The minimum atomic E-state index is 0.667. The quantitative estimate of drug-likeness (QED) is 0.882. The molecule has 0 saturated carbocycles. The second kappa shape index (κ2) is 5.85. The van der Waals surface area contributed by atoms with Crippen LogP contribution in [0.1, 0.15) is 30.5 Å². The fourth-order valence-electron chi connectivity index (χ4n) is 2.76. The molecule has 1 unspecified atom stereocenters. The van der Waals surface area contributed by atoms with E-state index in [1.54, 1.807) is 0 Å². The minimum absolute atomic E-state index is 0.667. The second-order valence-electron chi connectivity index (χ2n) is 5.90. The number of hydrogen-bond donors (Lipinski definition) is 1. The number of hydrogen-bond acceptors (Lipinski definition) is 2. The molecule has 0 amide bonds. The molecule has 100 valence electrons. The first-order valence-electron chi connectivity index (χ1n) is 7.09. The van der Waals surface area contributed by atoms with Crippen molar-refractivity contribution in [2.24, 2.45) is 5.92 Å². The van der Waals surface area contributed by atoms with Gasteiger partial charge in [-0.25, -0.2) is 0 Å². The third-order valence-corrected chi connectivity index (χ3v) is 4.12. The van der Waals surface area contributed by atoms with Gasteiger partial charge in [-0.3, -0.25) is 4.90 Å². The Morgan fingerprint density at radius 1 is 1.28 bits per heavy atom. The first-order valence-corrected chi connectivity index (χ1v) is 7.09. The predicted octanol–water partition coefficient (Wildman–Crippen LogP) is 2.73. The van der Waals surface area contributed by atoms with Crippen LogP contribution in [-0.4, -0.2) is 30.6 Å². The van der Waals surface area contributed by atoms with E-state index in [-0.39, 0.29) is 0 Å². The van der Waals surface area contributed by atoms with E-state index in [9.17, 15) is 0 Å². The highest BCUT2D eigenvalue weighted by atomic mass is 15.2. The Hall–Kier alpha value is -0.860. The molecule has 2 nitrogen and oxygen atoms in total. The highest BCUT2D eigenvalue weighted by molar-refractivity contribution is 5.29. The van der Waals surface area contributed by atoms with Gasteiger partial charge in [-0.1, -0.05) is 32.0 Å². The molecule has 1 aromatic carbocycles. The Labute approximate surface area is 111 Å². The molecular formula is C16H26N2. The van der Waals surface area contributed by atoms with Gasteiger partial charge in [-0.05, 0) is 36.5 Å². The van der Waals surface area contributed by atoms with Crippen LogP contribution >= 0.6 is 0 Å². The normalized spacial score (nSPS) is 21.5. The van der Waals surface area contributed by atoms with Crippen LogP contribution in [0.4, 0.5) is 0 Å². The summed E-state index contributed by atoms with van der Waals surface area (Å²) in [6.07, 6.45) is 0. The second-order valence-corrected chi connectivity index (χ2v) is 5.90. The molecule has 1 aliphatic heterocycles. The topological polar surface area (TPSA) is 15.3 Å². The van der Waals surface area contributed by atoms with Gasteiger partial charge in [0.2, 0.25) is 0 Å². The summed E-state index contributed by atoms with van der Waals surface area (Å²) in [4.78, 5) is 2.63. The minimum Gasteiger partial charge on any atom is -0.314 e. The van der Waals surface area contributed by atoms with Crippen molar-refractivity contribution in [2.45, 2.75) is 40.3 Å². The summed E-state index contributed by atoms with van der Waals surface area (Å²) in [6, 6.07) is 7.54. The third-order valence-electron chi connectivity index (χ3n) is 4.12. The van der Waals surface area contributed by atoms with Gasteiger partial charge in [0, 0.05) is 32.2 Å². The van der Waals surface area contributed by atoms with E-state index in [2.05, 4.69) is 56.1 Å². The SMILES string of the molecule is Cc1ccc(CN2CCNCC2C(C)C)cc1C. The van der Waals surface area contributed by atoms with E-state index in [1.807, 2.05) is 0 Å². The van der Waals surface area contributed by atoms with Crippen molar-refractivity contribution in [2.75, 3.05) is 19.6 Å². The first-order chi connectivity index (χ1) is 8.58. The maximum atomic E-state index is 3.51. The lowest BCUT2D eigenvalue weighted by atomic mass is 9.99. The van der Waals surface area contributed by atoms with Crippen LogP contribution in [0.15, 0.2) is 18.2 Å². The third kappa shape index (κ3) is 3.12. The lowest BCUT2D eigenvalue weighted by Gasteiger charge is -2.38. The molecule has 0 aromatic heterocycles. The summed E-state index contributed by atoms with van der Waals surface area (Å²) >= 11 is 0. The van der Waals surface area contributed by atoms with Crippen LogP contribution in [0.5, 0.6) is 0 Å². The van der Waals surface area contributed by atoms with E-state index < -0.39 is 0 Å². The zero-order valence-electron chi connectivity index (χ0n) is 12.2. The van der Waals surface area contributed by atoms with Crippen LogP contribution < -0.4 is 5.32 Å². The van der Waals surface area contributed by atoms with Crippen LogP contribution in [0.3, 0.4) is 0 Å². The van der Waals surface area contributed by atoms with Crippen LogP contribution in [-0.2, 0) is 6.54 Å². The molecule has 0 bridgehead atoms. The molecule has 1 aliphatic rings. The van der Waals surface area contributed by atoms with E-state index >= 15 is 0 Å². The molecule has 1 heterocycles. The van der Waals surface area contributed by atoms with Crippen molar-refractivity contribution in [3.05, 3.63) is 34.9 Å². The van der Waals surface area contributed by atoms with E-state index in [4.69, 9.17) is 0 Å². The molecule has 0 aliphatic carbocycles. The molecule has 2 heteroatoms. The monoisotopic (exact) mass is 246 g/mol. The van der Waals surface area contributed by atoms with Crippen LogP contribution in [0.2, 0.25) is 0 Å². The molecule has 0 spiro atoms. The Balaban J connectivity index is 2.08. The average Bonchev–Trinajstić information content (AvgIpc) is 2.34. The number of nitrogens with zero attached hydrogens (tertiary/aromatic N) is 1. The molecular weight excluding hydrogens is 220 g/mol. The average molecular weight is 246 g/mol. The number of benzene rings is 1. The first kappa shape index (κ1) is 13.6. The number of rotatable bonds is 3. The lowest BCUT2D eigenvalue weighted by Crippen LogP contribution is -2.52. The summed E-state index contributed by atoms with van der Waals surface area (Å²) in [5.74, 6) is 0.712. The highest BCUT2D eigenvalue weighted by Crippen LogP contribution is 2.18. The van der Waals surface area contributed by atoms with Gasteiger partial charge >= 0.3 is 0 Å². The van der Waals surface area contributed by atoms with Gasteiger partial charge in [-0.2, -0.15) is 0 Å².